The molecule has 0 spiro atoms. The summed E-state index contributed by atoms with van der Waals surface area (Å²) in [5.41, 5.74) is 7.92. The van der Waals surface area contributed by atoms with Crippen LogP contribution in [0.3, 0.4) is 0 Å². The summed E-state index contributed by atoms with van der Waals surface area (Å²) >= 11 is 0. The van der Waals surface area contributed by atoms with E-state index in [2.05, 4.69) is 78.1 Å². The van der Waals surface area contributed by atoms with Crippen LogP contribution in [0.1, 0.15) is 5.56 Å². The van der Waals surface area contributed by atoms with Crippen LogP contribution in [0.2, 0.25) is 0 Å². The van der Waals surface area contributed by atoms with Gasteiger partial charge in [0.1, 0.15) is 0 Å². The second-order valence-corrected chi connectivity index (χ2v) is 5.43. The van der Waals surface area contributed by atoms with Crippen LogP contribution in [0, 0.1) is 0 Å². The zero-order valence-electron chi connectivity index (χ0n) is 11.8. The van der Waals surface area contributed by atoms with Gasteiger partial charge in [-0.2, -0.15) is 0 Å². The van der Waals surface area contributed by atoms with Crippen LogP contribution < -0.4 is 5.32 Å². The molecule has 0 amide bonds. The van der Waals surface area contributed by atoms with Crippen LogP contribution in [-0.2, 0) is 6.42 Å². The largest absolute Gasteiger partial charge is 0.384 e. The van der Waals surface area contributed by atoms with Crippen molar-refractivity contribution < 1.29 is 0 Å². The number of nitrogens with one attached hydrogen (secondary N) is 1. The van der Waals surface area contributed by atoms with E-state index in [-0.39, 0.29) is 0 Å². The SMILES string of the molecule is c1ccc(-c2ccc3c(c2-c2ccccc2)NCC3)cc1. The van der Waals surface area contributed by atoms with Gasteiger partial charge >= 0.3 is 0 Å². The van der Waals surface area contributed by atoms with Crippen LogP contribution in [0.15, 0.2) is 72.8 Å². The fraction of sp³-hybridized carbons (Fsp3) is 0.100. The Morgan fingerprint density at radius 1 is 0.667 bits per heavy atom. The fourth-order valence-corrected chi connectivity index (χ4v) is 3.14. The average Bonchev–Trinajstić information content (AvgIpc) is 3.04. The molecule has 0 unspecified atom stereocenters. The Kier molecular flexibility index (Phi) is 2.97. The minimum Gasteiger partial charge on any atom is -0.384 e. The van der Waals surface area contributed by atoms with Crippen molar-refractivity contribution in [2.45, 2.75) is 6.42 Å². The van der Waals surface area contributed by atoms with Crippen LogP contribution >= 0.6 is 0 Å². The van der Waals surface area contributed by atoms with Gasteiger partial charge in [-0.05, 0) is 28.7 Å². The summed E-state index contributed by atoms with van der Waals surface area (Å²) in [7, 11) is 0. The maximum absolute atomic E-state index is 3.58. The number of hydrogen-bond donors (Lipinski definition) is 1. The number of benzene rings is 3. The van der Waals surface area contributed by atoms with Gasteiger partial charge in [0, 0.05) is 17.8 Å². The quantitative estimate of drug-likeness (QED) is 0.692. The Bertz CT molecular complexity index is 761. The van der Waals surface area contributed by atoms with Crippen molar-refractivity contribution in [2.24, 2.45) is 0 Å². The zero-order chi connectivity index (χ0) is 14.1. The summed E-state index contributed by atoms with van der Waals surface area (Å²) in [6, 6.07) is 25.9. The van der Waals surface area contributed by atoms with Crippen LogP contribution in [0.4, 0.5) is 5.69 Å². The first-order chi connectivity index (χ1) is 10.4. The highest BCUT2D eigenvalue weighted by Crippen LogP contribution is 2.41. The predicted octanol–water partition coefficient (Wildman–Crippen LogP) is 4.99. The third kappa shape index (κ3) is 2.11. The molecule has 1 nitrogen and oxygen atoms in total. The molecular weight excluding hydrogens is 254 g/mol. The zero-order valence-corrected chi connectivity index (χ0v) is 11.8. The molecule has 1 aliphatic heterocycles. The molecule has 1 heteroatoms. The van der Waals surface area contributed by atoms with E-state index < -0.39 is 0 Å². The Hall–Kier alpha value is -2.54. The first-order valence-electron chi connectivity index (χ1n) is 7.44. The average molecular weight is 271 g/mol. The lowest BCUT2D eigenvalue weighted by atomic mass is 9.91. The third-order valence-electron chi connectivity index (χ3n) is 4.14. The second-order valence-electron chi connectivity index (χ2n) is 5.43. The highest BCUT2D eigenvalue weighted by atomic mass is 14.9. The molecule has 102 valence electrons. The lowest BCUT2D eigenvalue weighted by Gasteiger charge is -2.15. The molecule has 0 saturated carbocycles. The standard InChI is InChI=1S/C20H17N/c1-3-7-15(8-4-1)18-12-11-17-13-14-21-20(17)19(18)16-9-5-2-6-10-16/h1-12,21H,13-14H2. The van der Waals surface area contributed by atoms with Crippen molar-refractivity contribution >= 4 is 5.69 Å². The summed E-state index contributed by atoms with van der Waals surface area (Å²) in [6.07, 6.45) is 1.12. The molecule has 0 saturated heterocycles. The van der Waals surface area contributed by atoms with E-state index >= 15 is 0 Å². The molecular formula is C20H17N. The molecule has 3 aromatic rings. The molecule has 1 heterocycles. The van der Waals surface area contributed by atoms with Crippen molar-refractivity contribution in [3.8, 4) is 22.3 Å². The van der Waals surface area contributed by atoms with E-state index in [9.17, 15) is 0 Å². The van der Waals surface area contributed by atoms with E-state index in [1.165, 1.54) is 33.5 Å². The molecule has 0 radical (unpaired) electrons. The van der Waals surface area contributed by atoms with Crippen LogP contribution in [-0.4, -0.2) is 6.54 Å². The van der Waals surface area contributed by atoms with Gasteiger partial charge in [0.2, 0.25) is 0 Å². The molecule has 0 aromatic heterocycles. The summed E-state index contributed by atoms with van der Waals surface area (Å²) in [5.74, 6) is 0. The number of rotatable bonds is 2. The summed E-state index contributed by atoms with van der Waals surface area (Å²) in [4.78, 5) is 0. The molecule has 3 aromatic carbocycles. The number of fused-ring (bicyclic) bond motifs is 1. The van der Waals surface area contributed by atoms with Gasteiger partial charge in [0.05, 0.1) is 0 Å². The lowest BCUT2D eigenvalue weighted by molar-refractivity contribution is 1.11. The van der Waals surface area contributed by atoms with Crippen molar-refractivity contribution in [3.05, 3.63) is 78.4 Å². The first kappa shape index (κ1) is 12.2. The maximum Gasteiger partial charge on any atom is 0.0459 e. The van der Waals surface area contributed by atoms with E-state index in [1.54, 1.807) is 0 Å². The smallest absolute Gasteiger partial charge is 0.0459 e. The molecule has 21 heavy (non-hydrogen) atoms. The summed E-state index contributed by atoms with van der Waals surface area (Å²) in [6.45, 7) is 1.04. The summed E-state index contributed by atoms with van der Waals surface area (Å²) < 4.78 is 0. The van der Waals surface area contributed by atoms with Gasteiger partial charge < -0.3 is 5.32 Å². The predicted molar refractivity (Wildman–Crippen MR) is 89.5 cm³/mol. The van der Waals surface area contributed by atoms with Gasteiger partial charge in [-0.1, -0.05) is 72.8 Å². The van der Waals surface area contributed by atoms with E-state index in [1.807, 2.05) is 0 Å². The molecule has 0 bridgehead atoms. The van der Waals surface area contributed by atoms with Gasteiger partial charge in [0.15, 0.2) is 0 Å². The molecule has 0 fully saturated rings. The molecule has 4 rings (SSSR count). The second kappa shape index (κ2) is 5.10. The van der Waals surface area contributed by atoms with Gasteiger partial charge in [0.25, 0.3) is 0 Å². The van der Waals surface area contributed by atoms with Gasteiger partial charge in [-0.3, -0.25) is 0 Å². The van der Waals surface area contributed by atoms with Crippen molar-refractivity contribution in [1.29, 1.82) is 0 Å². The molecule has 0 atom stereocenters. The maximum atomic E-state index is 3.58. The van der Waals surface area contributed by atoms with Gasteiger partial charge in [-0.15, -0.1) is 0 Å². The van der Waals surface area contributed by atoms with E-state index in [0.29, 0.717) is 0 Å². The Balaban J connectivity index is 2.00. The molecule has 0 aliphatic carbocycles. The minimum atomic E-state index is 1.04. The number of anilines is 1. The topological polar surface area (TPSA) is 12.0 Å². The van der Waals surface area contributed by atoms with Crippen LogP contribution in [0.25, 0.3) is 22.3 Å². The third-order valence-corrected chi connectivity index (χ3v) is 4.14. The lowest BCUT2D eigenvalue weighted by Crippen LogP contribution is -1.95. The van der Waals surface area contributed by atoms with Crippen LogP contribution in [0.5, 0.6) is 0 Å². The van der Waals surface area contributed by atoms with Crippen molar-refractivity contribution in [1.82, 2.24) is 0 Å². The molecule has 1 aliphatic rings. The van der Waals surface area contributed by atoms with E-state index in [0.717, 1.165) is 13.0 Å². The van der Waals surface area contributed by atoms with Crippen molar-refractivity contribution in [2.75, 3.05) is 11.9 Å². The Morgan fingerprint density at radius 3 is 2.05 bits per heavy atom. The monoisotopic (exact) mass is 271 g/mol. The summed E-state index contributed by atoms with van der Waals surface area (Å²) in [5, 5.41) is 3.58. The highest BCUT2D eigenvalue weighted by molar-refractivity contribution is 5.94. The first-order valence-corrected chi connectivity index (χ1v) is 7.44. The Labute approximate surface area is 125 Å². The molecule has 1 N–H and O–H groups in total. The minimum absolute atomic E-state index is 1.04. The normalized spacial score (nSPS) is 12.8. The van der Waals surface area contributed by atoms with Crippen molar-refractivity contribution in [3.63, 3.8) is 0 Å². The number of hydrogen-bond acceptors (Lipinski definition) is 1. The fourth-order valence-electron chi connectivity index (χ4n) is 3.14. The Morgan fingerprint density at radius 2 is 1.33 bits per heavy atom. The highest BCUT2D eigenvalue weighted by Gasteiger charge is 2.19. The van der Waals surface area contributed by atoms with E-state index in [4.69, 9.17) is 0 Å². The van der Waals surface area contributed by atoms with Gasteiger partial charge in [-0.25, -0.2) is 0 Å².